The molecule has 6 nitrogen and oxygen atoms in total. The summed E-state index contributed by atoms with van der Waals surface area (Å²) in [5, 5.41) is 3.55. The summed E-state index contributed by atoms with van der Waals surface area (Å²) < 4.78 is 2.06. The molecule has 1 aromatic carbocycles. The minimum Gasteiger partial charge on any atom is -0.383 e. The molecule has 6 heteroatoms. The Morgan fingerprint density at radius 2 is 1.96 bits per heavy atom. The number of carbonyl (C=O) groups excluding carboxylic acids is 1. The second-order valence-corrected chi connectivity index (χ2v) is 6.69. The fourth-order valence-corrected chi connectivity index (χ4v) is 2.93. The molecule has 2 aromatic heterocycles. The Labute approximate surface area is 139 Å². The van der Waals surface area contributed by atoms with E-state index in [1.165, 1.54) is 6.33 Å². The Balaban J connectivity index is 1.78. The van der Waals surface area contributed by atoms with Crippen LogP contribution in [0.2, 0.25) is 0 Å². The molecule has 0 aliphatic heterocycles. The first kappa shape index (κ1) is 14.7. The summed E-state index contributed by atoms with van der Waals surface area (Å²) in [7, 11) is 0. The Hall–Kier alpha value is -2.89. The van der Waals surface area contributed by atoms with Gasteiger partial charge in [0.2, 0.25) is 0 Å². The summed E-state index contributed by atoms with van der Waals surface area (Å²) in [6.07, 6.45) is 5.44. The van der Waals surface area contributed by atoms with Gasteiger partial charge < -0.3 is 15.6 Å². The van der Waals surface area contributed by atoms with Gasteiger partial charge in [-0.1, -0.05) is 17.7 Å². The highest BCUT2D eigenvalue weighted by Gasteiger charge is 2.41. The number of carbonyl (C=O) groups is 1. The molecule has 0 spiro atoms. The van der Waals surface area contributed by atoms with Crippen LogP contribution in [0.1, 0.15) is 35.7 Å². The van der Waals surface area contributed by atoms with Crippen LogP contribution in [-0.2, 0) is 5.54 Å². The topological polar surface area (TPSA) is 85.8 Å². The van der Waals surface area contributed by atoms with Crippen molar-refractivity contribution < 1.29 is 4.79 Å². The molecule has 24 heavy (non-hydrogen) atoms. The van der Waals surface area contributed by atoms with Crippen molar-refractivity contribution in [3.8, 4) is 0 Å². The Morgan fingerprint density at radius 1 is 1.25 bits per heavy atom. The van der Waals surface area contributed by atoms with Crippen molar-refractivity contribution in [1.82, 2.24) is 14.5 Å². The molecule has 4 rings (SSSR count). The van der Waals surface area contributed by atoms with Gasteiger partial charge in [0, 0.05) is 17.4 Å². The van der Waals surface area contributed by atoms with Crippen molar-refractivity contribution in [2.45, 2.75) is 32.2 Å². The highest BCUT2D eigenvalue weighted by Crippen LogP contribution is 2.45. The number of aryl methyl sites for hydroxylation is 1. The van der Waals surface area contributed by atoms with Gasteiger partial charge in [-0.2, -0.15) is 0 Å². The molecule has 1 aliphatic rings. The third-order valence-corrected chi connectivity index (χ3v) is 4.72. The molecule has 0 bridgehead atoms. The second kappa shape index (κ2) is 5.06. The minimum absolute atomic E-state index is 0.0153. The second-order valence-electron chi connectivity index (χ2n) is 6.69. The maximum atomic E-state index is 12.8. The Kier molecular flexibility index (Phi) is 3.09. The lowest BCUT2D eigenvalue weighted by atomic mass is 10.2. The molecule has 3 aromatic rings. The predicted molar refractivity (Wildman–Crippen MR) is 94.0 cm³/mol. The van der Waals surface area contributed by atoms with E-state index in [0.717, 1.165) is 29.7 Å². The van der Waals surface area contributed by atoms with E-state index < -0.39 is 0 Å². The average molecular weight is 321 g/mol. The third kappa shape index (κ3) is 2.31. The predicted octanol–water partition coefficient (Wildman–Crippen LogP) is 3.08. The lowest BCUT2D eigenvalue weighted by Crippen LogP contribution is -2.13. The van der Waals surface area contributed by atoms with Crippen LogP contribution in [0.5, 0.6) is 0 Å². The number of fused-ring (bicyclic) bond motifs is 1. The zero-order valence-electron chi connectivity index (χ0n) is 13.7. The summed E-state index contributed by atoms with van der Waals surface area (Å²) in [6.45, 7) is 4.17. The van der Waals surface area contributed by atoms with Gasteiger partial charge in [-0.15, -0.1) is 0 Å². The maximum absolute atomic E-state index is 12.8. The van der Waals surface area contributed by atoms with Gasteiger partial charge in [-0.3, -0.25) is 4.79 Å². The van der Waals surface area contributed by atoms with E-state index in [1.807, 2.05) is 37.4 Å². The Bertz CT molecular complexity index is 938. The number of aromatic nitrogens is 3. The van der Waals surface area contributed by atoms with Crippen molar-refractivity contribution in [2.24, 2.45) is 0 Å². The number of hydrogen-bond acceptors (Lipinski definition) is 4. The van der Waals surface area contributed by atoms with Crippen LogP contribution in [0.4, 0.5) is 11.5 Å². The number of nitrogens with two attached hydrogens (primary N) is 1. The van der Waals surface area contributed by atoms with Crippen LogP contribution < -0.4 is 11.1 Å². The van der Waals surface area contributed by atoms with Crippen LogP contribution in [0.25, 0.3) is 11.0 Å². The molecule has 0 saturated heterocycles. The number of anilines is 2. The summed E-state index contributed by atoms with van der Waals surface area (Å²) in [4.78, 5) is 21.2. The first-order valence-electron chi connectivity index (χ1n) is 7.98. The molecule has 0 unspecified atom stereocenters. The molecule has 0 atom stereocenters. The number of hydrogen-bond donors (Lipinski definition) is 2. The molecular formula is C18H19N5O. The summed E-state index contributed by atoms with van der Waals surface area (Å²) in [5.74, 6) is 0.130. The monoisotopic (exact) mass is 321 g/mol. The standard InChI is InChI=1S/C18H19N5O/c1-11-3-5-12(6-4-11)22-17(24)13-9-23(18(2)7-8-18)16-14(13)15(19)20-10-21-16/h3-6,9-10H,7-8H2,1-2H3,(H,22,24)(H2,19,20,21). The van der Waals surface area contributed by atoms with Gasteiger partial charge >= 0.3 is 0 Å². The van der Waals surface area contributed by atoms with Crippen molar-refractivity contribution in [2.75, 3.05) is 11.1 Å². The molecule has 0 radical (unpaired) electrons. The van der Waals surface area contributed by atoms with E-state index in [2.05, 4.69) is 26.8 Å². The number of nitrogens with zero attached hydrogens (tertiary/aromatic N) is 3. The fraction of sp³-hybridized carbons (Fsp3) is 0.278. The van der Waals surface area contributed by atoms with Gasteiger partial charge in [0.05, 0.1) is 10.9 Å². The molecule has 122 valence electrons. The molecule has 1 fully saturated rings. The van der Waals surface area contributed by atoms with E-state index in [0.29, 0.717) is 16.8 Å². The van der Waals surface area contributed by atoms with Crippen LogP contribution in [0.15, 0.2) is 36.8 Å². The fourth-order valence-electron chi connectivity index (χ4n) is 2.93. The van der Waals surface area contributed by atoms with E-state index >= 15 is 0 Å². The quantitative estimate of drug-likeness (QED) is 0.776. The van der Waals surface area contributed by atoms with Crippen molar-refractivity contribution in [3.05, 3.63) is 47.9 Å². The molecule has 2 heterocycles. The third-order valence-electron chi connectivity index (χ3n) is 4.72. The minimum atomic E-state index is -0.201. The lowest BCUT2D eigenvalue weighted by molar-refractivity contribution is 0.102. The smallest absolute Gasteiger partial charge is 0.258 e. The largest absolute Gasteiger partial charge is 0.383 e. The average Bonchev–Trinajstić information content (AvgIpc) is 3.17. The molecular weight excluding hydrogens is 302 g/mol. The lowest BCUT2D eigenvalue weighted by Gasteiger charge is -2.11. The van der Waals surface area contributed by atoms with Crippen molar-refractivity contribution in [3.63, 3.8) is 0 Å². The van der Waals surface area contributed by atoms with Crippen LogP contribution in [0, 0.1) is 6.92 Å². The van der Waals surface area contributed by atoms with E-state index in [9.17, 15) is 4.79 Å². The maximum Gasteiger partial charge on any atom is 0.258 e. The van der Waals surface area contributed by atoms with Crippen LogP contribution in [0.3, 0.4) is 0 Å². The first-order valence-corrected chi connectivity index (χ1v) is 7.98. The molecule has 1 aliphatic carbocycles. The highest BCUT2D eigenvalue weighted by molar-refractivity contribution is 6.14. The number of benzene rings is 1. The summed E-state index contributed by atoms with van der Waals surface area (Å²) >= 11 is 0. The van der Waals surface area contributed by atoms with Gasteiger partial charge in [0.15, 0.2) is 0 Å². The zero-order chi connectivity index (χ0) is 16.9. The van der Waals surface area contributed by atoms with Crippen molar-refractivity contribution >= 4 is 28.4 Å². The zero-order valence-corrected chi connectivity index (χ0v) is 13.7. The molecule has 1 amide bonds. The number of amides is 1. The van der Waals surface area contributed by atoms with Crippen LogP contribution in [-0.4, -0.2) is 20.4 Å². The SMILES string of the molecule is Cc1ccc(NC(=O)c2cn(C3(C)CC3)c3ncnc(N)c23)cc1. The first-order chi connectivity index (χ1) is 11.5. The van der Waals surface area contributed by atoms with Gasteiger partial charge in [0.1, 0.15) is 17.8 Å². The van der Waals surface area contributed by atoms with E-state index in [1.54, 1.807) is 0 Å². The number of rotatable bonds is 3. The normalized spacial score (nSPS) is 15.4. The molecule has 1 saturated carbocycles. The number of nitrogen functional groups attached to an aromatic ring is 1. The van der Waals surface area contributed by atoms with E-state index in [4.69, 9.17) is 5.73 Å². The van der Waals surface area contributed by atoms with Gasteiger partial charge in [-0.05, 0) is 38.8 Å². The van der Waals surface area contributed by atoms with Crippen molar-refractivity contribution in [1.29, 1.82) is 0 Å². The molecule has 3 N–H and O–H groups in total. The highest BCUT2D eigenvalue weighted by atomic mass is 16.1. The van der Waals surface area contributed by atoms with Gasteiger partial charge in [0.25, 0.3) is 5.91 Å². The van der Waals surface area contributed by atoms with Gasteiger partial charge in [-0.25, -0.2) is 9.97 Å². The Morgan fingerprint density at radius 3 is 2.62 bits per heavy atom. The number of nitrogens with one attached hydrogen (secondary N) is 1. The summed E-state index contributed by atoms with van der Waals surface area (Å²) in [5.41, 5.74) is 9.18. The van der Waals surface area contributed by atoms with Crippen LogP contribution >= 0.6 is 0 Å². The van der Waals surface area contributed by atoms with E-state index in [-0.39, 0.29) is 11.4 Å². The summed E-state index contributed by atoms with van der Waals surface area (Å²) in [6, 6.07) is 7.69.